The Morgan fingerprint density at radius 2 is 2.13 bits per heavy atom. The van der Waals surface area contributed by atoms with Crippen LogP contribution in [0.25, 0.3) is 0 Å². The number of thioether (sulfide) groups is 1. The Bertz CT molecular complexity index is 754. The zero-order valence-electron chi connectivity index (χ0n) is 12.1. The molecular formula is C15H12N2O5S. The van der Waals surface area contributed by atoms with E-state index in [9.17, 15) is 19.7 Å². The molecule has 0 radical (unpaired) electrons. The van der Waals surface area contributed by atoms with Gasteiger partial charge in [0.2, 0.25) is 0 Å². The SMILES string of the molecule is C/C=C1/C(=O)N2C(C(=O)OCc3ccc([N+](=O)[O-])cc3)=CSC12. The van der Waals surface area contributed by atoms with Gasteiger partial charge in [0, 0.05) is 23.1 Å². The van der Waals surface area contributed by atoms with Crippen molar-refractivity contribution < 1.29 is 19.2 Å². The van der Waals surface area contributed by atoms with Crippen LogP contribution in [0.4, 0.5) is 5.69 Å². The van der Waals surface area contributed by atoms with E-state index in [4.69, 9.17) is 4.74 Å². The second kappa shape index (κ2) is 5.88. The van der Waals surface area contributed by atoms with E-state index in [0.717, 1.165) is 0 Å². The third-order valence-corrected chi connectivity index (χ3v) is 4.65. The van der Waals surface area contributed by atoms with E-state index in [1.807, 2.05) is 0 Å². The molecule has 118 valence electrons. The normalized spacial score (nSPS) is 20.8. The summed E-state index contributed by atoms with van der Waals surface area (Å²) in [7, 11) is 0. The van der Waals surface area contributed by atoms with Gasteiger partial charge in [-0.3, -0.25) is 19.8 Å². The van der Waals surface area contributed by atoms with Gasteiger partial charge in [-0.15, -0.1) is 11.8 Å². The van der Waals surface area contributed by atoms with Gasteiger partial charge in [-0.1, -0.05) is 6.08 Å². The monoisotopic (exact) mass is 332 g/mol. The van der Waals surface area contributed by atoms with Crippen molar-refractivity contribution in [1.82, 2.24) is 4.90 Å². The van der Waals surface area contributed by atoms with Crippen molar-refractivity contribution in [2.75, 3.05) is 0 Å². The number of amides is 1. The van der Waals surface area contributed by atoms with Crippen LogP contribution in [0.1, 0.15) is 12.5 Å². The largest absolute Gasteiger partial charge is 0.456 e. The lowest BCUT2D eigenvalue weighted by Gasteiger charge is -2.37. The van der Waals surface area contributed by atoms with Crippen LogP contribution in [-0.2, 0) is 20.9 Å². The van der Waals surface area contributed by atoms with Gasteiger partial charge in [0.25, 0.3) is 11.6 Å². The van der Waals surface area contributed by atoms with Crippen LogP contribution in [0.5, 0.6) is 0 Å². The molecule has 2 aliphatic rings. The molecule has 1 amide bonds. The first kappa shape index (κ1) is 15.3. The summed E-state index contributed by atoms with van der Waals surface area (Å²) in [6.45, 7) is 1.78. The van der Waals surface area contributed by atoms with Crippen LogP contribution in [-0.4, -0.2) is 27.1 Å². The van der Waals surface area contributed by atoms with Crippen LogP contribution < -0.4 is 0 Å². The zero-order valence-corrected chi connectivity index (χ0v) is 12.9. The molecule has 1 saturated heterocycles. The van der Waals surface area contributed by atoms with Crippen molar-refractivity contribution in [2.45, 2.75) is 18.9 Å². The second-order valence-electron chi connectivity index (χ2n) is 4.91. The minimum absolute atomic E-state index is 0.0119. The molecule has 1 aromatic rings. The number of non-ortho nitro benzene ring substituents is 1. The van der Waals surface area contributed by atoms with Crippen molar-refractivity contribution >= 4 is 29.3 Å². The Kier molecular flexibility index (Phi) is 3.91. The molecule has 1 fully saturated rings. The summed E-state index contributed by atoms with van der Waals surface area (Å²) in [5.74, 6) is -0.761. The molecule has 2 heterocycles. The van der Waals surface area contributed by atoms with E-state index in [-0.39, 0.29) is 29.3 Å². The van der Waals surface area contributed by atoms with Gasteiger partial charge in [-0.25, -0.2) is 4.79 Å². The fourth-order valence-corrected chi connectivity index (χ4v) is 3.51. The Labute approximate surface area is 135 Å². The smallest absolute Gasteiger partial charge is 0.355 e. The molecule has 3 rings (SSSR count). The summed E-state index contributed by atoms with van der Waals surface area (Å²) in [6, 6.07) is 5.75. The number of ether oxygens (including phenoxy) is 1. The number of rotatable bonds is 4. The Morgan fingerprint density at radius 3 is 2.74 bits per heavy atom. The summed E-state index contributed by atoms with van der Waals surface area (Å²) in [5, 5.41) is 12.1. The fourth-order valence-electron chi connectivity index (χ4n) is 2.33. The maximum Gasteiger partial charge on any atom is 0.355 e. The van der Waals surface area contributed by atoms with Crippen LogP contribution in [0.3, 0.4) is 0 Å². The number of β-lactam (4-membered cyclic amide) rings is 1. The first-order valence-corrected chi connectivity index (χ1v) is 7.73. The summed E-state index contributed by atoms with van der Waals surface area (Å²) in [5.41, 5.74) is 1.53. The Morgan fingerprint density at radius 1 is 1.43 bits per heavy atom. The van der Waals surface area contributed by atoms with E-state index in [1.165, 1.54) is 40.9 Å². The maximum atomic E-state index is 12.1. The number of nitrogens with zero attached hydrogens (tertiary/aromatic N) is 2. The summed E-state index contributed by atoms with van der Waals surface area (Å²) >= 11 is 1.39. The summed E-state index contributed by atoms with van der Waals surface area (Å²) in [6.07, 6.45) is 1.75. The van der Waals surface area contributed by atoms with Gasteiger partial charge in [0.1, 0.15) is 17.7 Å². The molecule has 0 N–H and O–H groups in total. The van der Waals surface area contributed by atoms with E-state index in [2.05, 4.69) is 0 Å². The van der Waals surface area contributed by atoms with Crippen molar-refractivity contribution in [3.63, 3.8) is 0 Å². The number of allylic oxidation sites excluding steroid dienone is 1. The third kappa shape index (κ3) is 2.61. The number of fused-ring (bicyclic) bond motifs is 1. The fraction of sp³-hybridized carbons (Fsp3) is 0.200. The molecule has 23 heavy (non-hydrogen) atoms. The number of nitro benzene ring substituents is 1. The second-order valence-corrected chi connectivity index (χ2v) is 5.86. The van der Waals surface area contributed by atoms with Crippen molar-refractivity contribution in [3.8, 4) is 0 Å². The first-order valence-electron chi connectivity index (χ1n) is 6.78. The minimum atomic E-state index is -0.582. The molecule has 7 nitrogen and oxygen atoms in total. The lowest BCUT2D eigenvalue weighted by molar-refractivity contribution is -0.384. The van der Waals surface area contributed by atoms with Gasteiger partial charge in [-0.05, 0) is 24.6 Å². The van der Waals surface area contributed by atoms with Crippen LogP contribution in [0.2, 0.25) is 0 Å². The van der Waals surface area contributed by atoms with E-state index < -0.39 is 10.9 Å². The summed E-state index contributed by atoms with van der Waals surface area (Å²) in [4.78, 5) is 35.5. The van der Waals surface area contributed by atoms with Gasteiger partial charge < -0.3 is 4.74 Å². The van der Waals surface area contributed by atoms with Gasteiger partial charge in [0.15, 0.2) is 0 Å². The highest BCUT2D eigenvalue weighted by Crippen LogP contribution is 2.44. The third-order valence-electron chi connectivity index (χ3n) is 3.57. The first-order chi connectivity index (χ1) is 11.0. The highest BCUT2D eigenvalue weighted by atomic mass is 32.2. The number of carbonyl (C=O) groups excluding carboxylic acids is 2. The summed E-state index contributed by atoms with van der Waals surface area (Å²) < 4.78 is 5.18. The number of benzene rings is 1. The molecule has 0 saturated carbocycles. The number of carbonyl (C=O) groups is 2. The quantitative estimate of drug-likeness (QED) is 0.276. The van der Waals surface area contributed by atoms with Crippen molar-refractivity contribution in [3.05, 3.63) is 62.7 Å². The van der Waals surface area contributed by atoms with Crippen LogP contribution in [0.15, 0.2) is 47.0 Å². The van der Waals surface area contributed by atoms with Gasteiger partial charge in [-0.2, -0.15) is 0 Å². The van der Waals surface area contributed by atoms with Gasteiger partial charge in [0.05, 0.1) is 4.92 Å². The van der Waals surface area contributed by atoms with Crippen molar-refractivity contribution in [1.29, 1.82) is 0 Å². The lowest BCUT2D eigenvalue weighted by atomic mass is 10.1. The van der Waals surface area contributed by atoms with Gasteiger partial charge >= 0.3 is 5.97 Å². The molecule has 1 aromatic carbocycles. The molecule has 0 spiro atoms. The predicted molar refractivity (Wildman–Crippen MR) is 83.0 cm³/mol. The van der Waals surface area contributed by atoms with E-state index in [0.29, 0.717) is 11.1 Å². The minimum Gasteiger partial charge on any atom is -0.456 e. The molecule has 0 aromatic heterocycles. The molecule has 8 heteroatoms. The van der Waals surface area contributed by atoms with Crippen molar-refractivity contribution in [2.24, 2.45) is 0 Å². The van der Waals surface area contributed by atoms with E-state index in [1.54, 1.807) is 18.4 Å². The van der Waals surface area contributed by atoms with Crippen LogP contribution in [0, 0.1) is 10.1 Å². The van der Waals surface area contributed by atoms with Crippen LogP contribution >= 0.6 is 11.8 Å². The zero-order chi connectivity index (χ0) is 16.6. The molecular weight excluding hydrogens is 320 g/mol. The number of hydrogen-bond donors (Lipinski definition) is 0. The number of nitro groups is 1. The lowest BCUT2D eigenvalue weighted by Crippen LogP contribution is -2.51. The standard InChI is InChI=1S/C15H12N2O5S/c1-2-11-13(18)16-12(8-23-14(11)16)15(19)22-7-9-3-5-10(6-4-9)17(20)21/h2-6,8,14H,7H2,1H3/b11-2-. The average Bonchev–Trinajstić information content (AvgIpc) is 2.93. The maximum absolute atomic E-state index is 12.1. The highest BCUT2D eigenvalue weighted by Gasteiger charge is 2.49. The molecule has 1 unspecified atom stereocenters. The highest BCUT2D eigenvalue weighted by molar-refractivity contribution is 8.03. The Hall–Kier alpha value is -2.61. The number of hydrogen-bond acceptors (Lipinski definition) is 6. The molecule has 1 atom stereocenters. The Balaban J connectivity index is 1.60. The predicted octanol–water partition coefficient (Wildman–Crippen LogP) is 2.34. The number of esters is 1. The topological polar surface area (TPSA) is 89.8 Å². The molecule has 0 aliphatic carbocycles. The average molecular weight is 332 g/mol. The molecule has 2 aliphatic heterocycles. The molecule has 0 bridgehead atoms. The van der Waals surface area contributed by atoms with E-state index >= 15 is 0 Å².